The lowest BCUT2D eigenvalue weighted by Crippen LogP contribution is -2.36. The molecular weight excluding hydrogens is 445 g/mol. The van der Waals surface area contributed by atoms with E-state index in [4.69, 9.17) is 0 Å². The molecule has 0 aliphatic carbocycles. The molecule has 1 aromatic heterocycles. The summed E-state index contributed by atoms with van der Waals surface area (Å²) in [7, 11) is -3.82. The summed E-state index contributed by atoms with van der Waals surface area (Å²) in [6.45, 7) is 2.11. The van der Waals surface area contributed by atoms with Gasteiger partial charge in [-0.1, -0.05) is 31.2 Å². The van der Waals surface area contributed by atoms with Crippen molar-refractivity contribution in [1.82, 2.24) is 3.97 Å². The van der Waals surface area contributed by atoms with Crippen LogP contribution < -0.4 is 4.90 Å². The van der Waals surface area contributed by atoms with Gasteiger partial charge in [-0.15, -0.1) is 0 Å². The van der Waals surface area contributed by atoms with Gasteiger partial charge in [0.2, 0.25) is 0 Å². The van der Waals surface area contributed by atoms with Crippen molar-refractivity contribution >= 4 is 32.6 Å². The molecule has 2 aromatic carbocycles. The van der Waals surface area contributed by atoms with E-state index < -0.39 is 34.8 Å². The average molecular weight is 466 g/mol. The van der Waals surface area contributed by atoms with Gasteiger partial charge in [-0.25, -0.2) is 17.2 Å². The number of aromatic nitrogens is 1. The first kappa shape index (κ1) is 22.2. The van der Waals surface area contributed by atoms with Crippen LogP contribution in [0.2, 0.25) is 0 Å². The lowest BCUT2D eigenvalue weighted by atomic mass is 10.1. The van der Waals surface area contributed by atoms with Gasteiger partial charge in [0.1, 0.15) is 6.61 Å². The molecule has 1 aliphatic rings. The third kappa shape index (κ3) is 4.06. The number of alkyl halides is 3. The zero-order chi connectivity index (χ0) is 23.1. The quantitative estimate of drug-likeness (QED) is 0.528. The predicted octanol–water partition coefficient (Wildman–Crippen LogP) is 4.20. The summed E-state index contributed by atoms with van der Waals surface area (Å²) in [5.74, 6) is -2.05. The molecule has 170 valence electrons. The third-order valence-electron chi connectivity index (χ3n) is 5.55. The normalized spacial score (nSPS) is 19.4. The van der Waals surface area contributed by atoms with Crippen molar-refractivity contribution < 1.29 is 31.1 Å². The standard InChI is InChI=1S/C22H21F3N2O4S/c1-15-12-16(14-31-21(28)22(23,24)25)26(13-15)19-8-5-9-20-18(19)10-11-27(20)32(29,30)17-6-3-2-4-7-17/h2-11,15-16H,12-14H2,1H3/t15?,16-/m1/s1. The molecule has 32 heavy (non-hydrogen) atoms. The van der Waals surface area contributed by atoms with Gasteiger partial charge in [0.15, 0.2) is 0 Å². The molecule has 3 aromatic rings. The van der Waals surface area contributed by atoms with Gasteiger partial charge in [-0.2, -0.15) is 13.2 Å². The summed E-state index contributed by atoms with van der Waals surface area (Å²) in [6.07, 6.45) is -3.03. The van der Waals surface area contributed by atoms with Crippen LogP contribution in [0.4, 0.5) is 18.9 Å². The maximum Gasteiger partial charge on any atom is 0.490 e. The Balaban J connectivity index is 1.68. The van der Waals surface area contributed by atoms with Crippen LogP contribution in [-0.4, -0.2) is 43.7 Å². The molecule has 0 N–H and O–H groups in total. The second kappa shape index (κ2) is 8.16. The zero-order valence-electron chi connectivity index (χ0n) is 17.1. The number of hydrogen-bond donors (Lipinski definition) is 0. The number of benzene rings is 2. The van der Waals surface area contributed by atoms with Crippen LogP contribution in [0.1, 0.15) is 13.3 Å². The van der Waals surface area contributed by atoms with E-state index in [1.54, 1.807) is 42.5 Å². The maximum atomic E-state index is 13.1. The van der Waals surface area contributed by atoms with Crippen LogP contribution in [0.25, 0.3) is 10.9 Å². The average Bonchev–Trinajstić information content (AvgIpc) is 3.35. The SMILES string of the molecule is CC1C[C@H](COC(=O)C(F)(F)F)N(c2cccc3c2ccn3S(=O)(=O)c2ccccc2)C1. The molecule has 2 atom stereocenters. The molecule has 4 rings (SSSR count). The molecular formula is C22H21F3N2O4S. The number of hydrogen-bond acceptors (Lipinski definition) is 5. The molecule has 0 bridgehead atoms. The molecule has 1 saturated heterocycles. The largest absolute Gasteiger partial charge is 0.490 e. The molecule has 2 heterocycles. The van der Waals surface area contributed by atoms with E-state index >= 15 is 0 Å². The van der Waals surface area contributed by atoms with Crippen LogP contribution in [0, 0.1) is 5.92 Å². The fourth-order valence-electron chi connectivity index (χ4n) is 4.15. The minimum atomic E-state index is -5.04. The number of halogens is 3. The van der Waals surface area contributed by atoms with Crippen molar-refractivity contribution in [3.8, 4) is 0 Å². The Kier molecular flexibility index (Phi) is 5.66. The van der Waals surface area contributed by atoms with Crippen LogP contribution in [0.3, 0.4) is 0 Å². The fourth-order valence-corrected chi connectivity index (χ4v) is 5.52. The van der Waals surface area contributed by atoms with Gasteiger partial charge in [0.25, 0.3) is 10.0 Å². The van der Waals surface area contributed by atoms with Gasteiger partial charge in [0, 0.05) is 23.8 Å². The lowest BCUT2D eigenvalue weighted by molar-refractivity contribution is -0.200. The number of fused-ring (bicyclic) bond motifs is 1. The summed E-state index contributed by atoms with van der Waals surface area (Å²) in [5.41, 5.74) is 1.14. The van der Waals surface area contributed by atoms with E-state index in [0.717, 1.165) is 0 Å². The number of nitrogens with zero attached hydrogens (tertiary/aromatic N) is 2. The second-order valence-electron chi connectivity index (χ2n) is 7.88. The van der Waals surface area contributed by atoms with Crippen molar-refractivity contribution in [3.63, 3.8) is 0 Å². The highest BCUT2D eigenvalue weighted by Gasteiger charge is 2.42. The number of ether oxygens (including phenoxy) is 1. The Morgan fingerprint density at radius 2 is 1.81 bits per heavy atom. The molecule has 1 fully saturated rings. The van der Waals surface area contributed by atoms with E-state index in [1.165, 1.54) is 22.3 Å². The molecule has 1 aliphatic heterocycles. The number of esters is 1. The van der Waals surface area contributed by atoms with Crippen molar-refractivity contribution in [2.75, 3.05) is 18.1 Å². The molecule has 6 nitrogen and oxygen atoms in total. The molecule has 0 amide bonds. The minimum Gasteiger partial charge on any atom is -0.457 e. The van der Waals surface area contributed by atoms with Crippen molar-refractivity contribution in [2.24, 2.45) is 5.92 Å². The van der Waals surface area contributed by atoms with E-state index in [1.807, 2.05) is 11.8 Å². The molecule has 10 heteroatoms. The van der Waals surface area contributed by atoms with E-state index in [2.05, 4.69) is 4.74 Å². The summed E-state index contributed by atoms with van der Waals surface area (Å²) >= 11 is 0. The monoisotopic (exact) mass is 466 g/mol. The van der Waals surface area contributed by atoms with Crippen molar-refractivity contribution in [2.45, 2.75) is 30.5 Å². The summed E-state index contributed by atoms with van der Waals surface area (Å²) in [5, 5.41) is 0.647. The Bertz CT molecular complexity index is 1240. The Hall–Kier alpha value is -3.01. The first-order valence-corrected chi connectivity index (χ1v) is 11.4. The van der Waals surface area contributed by atoms with Crippen LogP contribution in [0.5, 0.6) is 0 Å². The number of rotatable bonds is 5. The highest BCUT2D eigenvalue weighted by atomic mass is 32.2. The molecule has 0 saturated carbocycles. The molecule has 0 radical (unpaired) electrons. The maximum absolute atomic E-state index is 13.1. The Morgan fingerprint density at radius 1 is 1.09 bits per heavy atom. The first-order chi connectivity index (χ1) is 15.1. The van der Waals surface area contributed by atoms with Gasteiger partial charge in [0.05, 0.1) is 16.5 Å². The Morgan fingerprint density at radius 3 is 2.50 bits per heavy atom. The number of carbonyl (C=O) groups excluding carboxylic acids is 1. The van der Waals surface area contributed by atoms with Crippen molar-refractivity contribution in [1.29, 1.82) is 0 Å². The highest BCUT2D eigenvalue weighted by molar-refractivity contribution is 7.90. The summed E-state index contributed by atoms with van der Waals surface area (Å²) in [6, 6.07) is 14.4. The van der Waals surface area contributed by atoms with Crippen molar-refractivity contribution in [3.05, 3.63) is 60.8 Å². The topological polar surface area (TPSA) is 68.6 Å². The predicted molar refractivity (Wildman–Crippen MR) is 113 cm³/mol. The van der Waals surface area contributed by atoms with E-state index in [-0.39, 0.29) is 10.8 Å². The number of anilines is 1. The Labute approximate surface area is 183 Å². The fraction of sp³-hybridized carbons (Fsp3) is 0.318. The molecule has 1 unspecified atom stereocenters. The summed E-state index contributed by atoms with van der Waals surface area (Å²) < 4.78 is 69.5. The summed E-state index contributed by atoms with van der Waals surface area (Å²) in [4.78, 5) is 13.2. The van der Waals surface area contributed by atoms with Crippen LogP contribution >= 0.6 is 0 Å². The smallest absolute Gasteiger partial charge is 0.457 e. The van der Waals surface area contributed by atoms with Gasteiger partial charge >= 0.3 is 12.1 Å². The van der Waals surface area contributed by atoms with Crippen LogP contribution in [0.15, 0.2) is 65.7 Å². The first-order valence-electron chi connectivity index (χ1n) is 10.0. The molecule has 0 spiro atoms. The minimum absolute atomic E-state index is 0.148. The second-order valence-corrected chi connectivity index (χ2v) is 9.70. The van der Waals surface area contributed by atoms with Crippen LogP contribution in [-0.2, 0) is 19.6 Å². The lowest BCUT2D eigenvalue weighted by Gasteiger charge is -2.27. The highest BCUT2D eigenvalue weighted by Crippen LogP contribution is 2.36. The third-order valence-corrected chi connectivity index (χ3v) is 7.25. The zero-order valence-corrected chi connectivity index (χ0v) is 17.9. The van der Waals surface area contributed by atoms with Gasteiger partial charge < -0.3 is 9.64 Å². The van der Waals surface area contributed by atoms with E-state index in [9.17, 15) is 26.4 Å². The van der Waals surface area contributed by atoms with E-state index in [0.29, 0.717) is 29.6 Å². The van der Waals surface area contributed by atoms with Gasteiger partial charge in [-0.3, -0.25) is 0 Å². The van der Waals surface area contributed by atoms with Gasteiger partial charge in [-0.05, 0) is 42.7 Å². The number of carbonyl (C=O) groups is 1.